The van der Waals surface area contributed by atoms with Crippen LogP contribution in [0, 0.1) is 0 Å². The van der Waals surface area contributed by atoms with E-state index in [9.17, 15) is 4.79 Å². The molecule has 0 unspecified atom stereocenters. The number of carbonyl (C=O) groups is 1. The highest BCUT2D eigenvalue weighted by Crippen LogP contribution is 2.26. The molecule has 1 amide bonds. The second-order valence-corrected chi connectivity index (χ2v) is 5.55. The van der Waals surface area contributed by atoms with Crippen molar-refractivity contribution in [3.05, 3.63) is 29.8 Å². The zero-order valence-electron chi connectivity index (χ0n) is 12.6. The molecule has 1 aromatic carbocycles. The Kier molecular flexibility index (Phi) is 5.01. The molecule has 0 radical (unpaired) electrons. The Hall–Kier alpha value is -1.55. The fraction of sp³-hybridized carbons (Fsp3) is 0.562. The summed E-state index contributed by atoms with van der Waals surface area (Å²) in [5, 5.41) is 3.49. The third-order valence-corrected chi connectivity index (χ3v) is 3.68. The normalized spacial score (nSPS) is 21.1. The van der Waals surface area contributed by atoms with Crippen LogP contribution in [-0.2, 0) is 16.0 Å². The zero-order valence-corrected chi connectivity index (χ0v) is 12.6. The summed E-state index contributed by atoms with van der Waals surface area (Å²) in [6.07, 6.45) is 3.04. The number of hydrogen-bond donors (Lipinski definition) is 1. The monoisotopic (exact) mass is 276 g/mol. The van der Waals surface area contributed by atoms with Crippen LogP contribution < -0.4 is 5.32 Å². The van der Waals surface area contributed by atoms with Gasteiger partial charge in [-0.05, 0) is 37.5 Å². The molecule has 2 rings (SSSR count). The average molecular weight is 276 g/mol. The first-order chi connectivity index (χ1) is 9.58. The number of anilines is 1. The molecule has 0 heterocycles. The number of likely N-dealkylation sites (N-methyl/N-ethyl adjacent to an activating group) is 1. The second kappa shape index (κ2) is 6.75. The largest absolute Gasteiger partial charge is 0.382 e. The number of amides is 1. The van der Waals surface area contributed by atoms with Crippen molar-refractivity contribution in [1.82, 2.24) is 4.90 Å². The Balaban J connectivity index is 1.79. The van der Waals surface area contributed by atoms with E-state index < -0.39 is 0 Å². The molecule has 4 nitrogen and oxygen atoms in total. The van der Waals surface area contributed by atoms with E-state index >= 15 is 0 Å². The summed E-state index contributed by atoms with van der Waals surface area (Å²) in [6, 6.07) is 8.64. The maximum atomic E-state index is 11.6. The van der Waals surface area contributed by atoms with Crippen molar-refractivity contribution in [3.63, 3.8) is 0 Å². The van der Waals surface area contributed by atoms with Gasteiger partial charge in [0.15, 0.2) is 0 Å². The molecule has 0 bridgehead atoms. The van der Waals surface area contributed by atoms with Gasteiger partial charge >= 0.3 is 0 Å². The highest BCUT2D eigenvalue weighted by Gasteiger charge is 2.29. The first-order valence-electron chi connectivity index (χ1n) is 7.25. The van der Waals surface area contributed by atoms with Crippen molar-refractivity contribution in [1.29, 1.82) is 0 Å². The first kappa shape index (κ1) is 14.9. The molecule has 1 fully saturated rings. The summed E-state index contributed by atoms with van der Waals surface area (Å²) in [6.45, 7) is 2.83. The van der Waals surface area contributed by atoms with Gasteiger partial charge < -0.3 is 15.0 Å². The van der Waals surface area contributed by atoms with E-state index in [4.69, 9.17) is 4.74 Å². The summed E-state index contributed by atoms with van der Waals surface area (Å²) in [5.74, 6) is 0.129. The van der Waals surface area contributed by atoms with Crippen LogP contribution in [0.4, 0.5) is 5.69 Å². The highest BCUT2D eigenvalue weighted by atomic mass is 16.5. The predicted molar refractivity (Wildman–Crippen MR) is 80.9 cm³/mol. The van der Waals surface area contributed by atoms with Crippen molar-refractivity contribution >= 4 is 11.6 Å². The lowest BCUT2D eigenvalue weighted by atomic mass is 9.89. The van der Waals surface area contributed by atoms with Crippen molar-refractivity contribution < 1.29 is 9.53 Å². The number of carbonyl (C=O) groups excluding carboxylic acids is 1. The van der Waals surface area contributed by atoms with Crippen LogP contribution in [0.1, 0.15) is 25.3 Å². The fourth-order valence-electron chi connectivity index (χ4n) is 2.34. The molecular formula is C16H24N2O2. The van der Waals surface area contributed by atoms with Gasteiger partial charge in [0.2, 0.25) is 5.91 Å². The first-order valence-corrected chi connectivity index (χ1v) is 7.25. The summed E-state index contributed by atoms with van der Waals surface area (Å²) in [7, 11) is 3.56. The van der Waals surface area contributed by atoms with Gasteiger partial charge in [0, 0.05) is 32.4 Å². The van der Waals surface area contributed by atoms with E-state index in [1.807, 2.05) is 31.2 Å². The number of hydrogen-bond acceptors (Lipinski definition) is 3. The SMILES string of the molecule is CCOC1CC(Nc2ccc(CC(=O)N(C)C)cc2)C1. The smallest absolute Gasteiger partial charge is 0.226 e. The van der Waals surface area contributed by atoms with Gasteiger partial charge in [-0.1, -0.05) is 12.1 Å². The maximum absolute atomic E-state index is 11.6. The quantitative estimate of drug-likeness (QED) is 0.867. The van der Waals surface area contributed by atoms with Gasteiger partial charge in [0.05, 0.1) is 12.5 Å². The van der Waals surface area contributed by atoms with E-state index in [1.165, 1.54) is 0 Å². The van der Waals surface area contributed by atoms with E-state index in [-0.39, 0.29) is 5.91 Å². The Labute approximate surface area is 121 Å². The molecule has 110 valence electrons. The van der Waals surface area contributed by atoms with Crippen molar-refractivity contribution in [2.75, 3.05) is 26.0 Å². The highest BCUT2D eigenvalue weighted by molar-refractivity contribution is 5.78. The van der Waals surface area contributed by atoms with Crippen LogP contribution in [0.25, 0.3) is 0 Å². The van der Waals surface area contributed by atoms with Gasteiger partial charge in [-0.15, -0.1) is 0 Å². The lowest BCUT2D eigenvalue weighted by Crippen LogP contribution is -2.40. The number of benzene rings is 1. The van der Waals surface area contributed by atoms with Crippen molar-refractivity contribution in [3.8, 4) is 0 Å². The van der Waals surface area contributed by atoms with E-state index in [1.54, 1.807) is 19.0 Å². The van der Waals surface area contributed by atoms with Gasteiger partial charge in [-0.3, -0.25) is 4.79 Å². The van der Waals surface area contributed by atoms with E-state index in [0.717, 1.165) is 30.7 Å². The molecule has 4 heteroatoms. The third-order valence-electron chi connectivity index (χ3n) is 3.68. The van der Waals surface area contributed by atoms with Crippen LogP contribution >= 0.6 is 0 Å². The molecule has 1 aliphatic carbocycles. The van der Waals surface area contributed by atoms with Crippen LogP contribution in [-0.4, -0.2) is 43.7 Å². The molecule has 1 aromatic rings. The molecule has 0 aliphatic heterocycles. The van der Waals surface area contributed by atoms with Crippen LogP contribution in [0.5, 0.6) is 0 Å². The maximum Gasteiger partial charge on any atom is 0.226 e. The minimum atomic E-state index is 0.129. The molecule has 0 atom stereocenters. The predicted octanol–water partition coefficient (Wildman–Crippen LogP) is 2.30. The lowest BCUT2D eigenvalue weighted by molar-refractivity contribution is -0.127. The topological polar surface area (TPSA) is 41.6 Å². The van der Waals surface area contributed by atoms with Gasteiger partial charge in [-0.25, -0.2) is 0 Å². The molecule has 1 aliphatic rings. The van der Waals surface area contributed by atoms with E-state index in [0.29, 0.717) is 18.6 Å². The molecule has 1 saturated carbocycles. The molecule has 0 saturated heterocycles. The minimum Gasteiger partial charge on any atom is -0.382 e. The Bertz CT molecular complexity index is 436. The lowest BCUT2D eigenvalue weighted by Gasteiger charge is -2.36. The molecular weight excluding hydrogens is 252 g/mol. The Morgan fingerprint density at radius 1 is 1.30 bits per heavy atom. The van der Waals surface area contributed by atoms with Crippen LogP contribution in [0.3, 0.4) is 0 Å². The van der Waals surface area contributed by atoms with E-state index in [2.05, 4.69) is 5.32 Å². The van der Waals surface area contributed by atoms with Crippen LogP contribution in [0.2, 0.25) is 0 Å². The number of ether oxygens (including phenoxy) is 1. The second-order valence-electron chi connectivity index (χ2n) is 5.55. The standard InChI is InChI=1S/C16H24N2O2/c1-4-20-15-10-14(11-15)17-13-7-5-12(6-8-13)9-16(19)18(2)3/h5-8,14-15,17H,4,9-11H2,1-3H3. The molecule has 0 spiro atoms. The molecule has 1 N–H and O–H groups in total. The summed E-state index contributed by atoms with van der Waals surface area (Å²) >= 11 is 0. The summed E-state index contributed by atoms with van der Waals surface area (Å²) in [4.78, 5) is 13.2. The number of rotatable bonds is 6. The van der Waals surface area contributed by atoms with Crippen molar-refractivity contribution in [2.24, 2.45) is 0 Å². The van der Waals surface area contributed by atoms with Gasteiger partial charge in [-0.2, -0.15) is 0 Å². The molecule has 0 aromatic heterocycles. The Morgan fingerprint density at radius 3 is 2.50 bits per heavy atom. The summed E-state index contributed by atoms with van der Waals surface area (Å²) in [5.41, 5.74) is 2.17. The van der Waals surface area contributed by atoms with Crippen molar-refractivity contribution in [2.45, 2.75) is 38.3 Å². The average Bonchev–Trinajstić information content (AvgIpc) is 2.38. The number of nitrogens with one attached hydrogen (secondary N) is 1. The fourth-order valence-corrected chi connectivity index (χ4v) is 2.34. The summed E-state index contributed by atoms with van der Waals surface area (Å²) < 4.78 is 5.55. The minimum absolute atomic E-state index is 0.129. The zero-order chi connectivity index (χ0) is 14.5. The number of nitrogens with zero attached hydrogens (tertiary/aromatic N) is 1. The third kappa shape index (κ3) is 3.97. The Morgan fingerprint density at radius 2 is 1.95 bits per heavy atom. The van der Waals surface area contributed by atoms with Gasteiger partial charge in [0.25, 0.3) is 0 Å². The van der Waals surface area contributed by atoms with Gasteiger partial charge in [0.1, 0.15) is 0 Å². The molecule has 20 heavy (non-hydrogen) atoms. The van der Waals surface area contributed by atoms with Crippen LogP contribution in [0.15, 0.2) is 24.3 Å².